The van der Waals surface area contributed by atoms with Gasteiger partial charge in [0.2, 0.25) is 0 Å². The largest absolute Gasteiger partial charge is 0.493 e. The maximum atomic E-state index is 12.3. The van der Waals surface area contributed by atoms with Crippen LogP contribution in [0.4, 0.5) is 0 Å². The monoisotopic (exact) mass is 542 g/mol. The van der Waals surface area contributed by atoms with Crippen molar-refractivity contribution in [3.63, 3.8) is 0 Å². The van der Waals surface area contributed by atoms with Gasteiger partial charge in [-0.25, -0.2) is 5.43 Å². The van der Waals surface area contributed by atoms with Gasteiger partial charge < -0.3 is 13.9 Å². The second-order valence-electron chi connectivity index (χ2n) is 5.46. The number of methoxy groups -OCH3 is 1. The van der Waals surface area contributed by atoms with E-state index in [-0.39, 0.29) is 5.76 Å². The predicted molar refractivity (Wildman–Crippen MR) is 116 cm³/mol. The number of carbonyl (C=O) groups excluding carboxylic acids is 1. The second-order valence-corrected chi connectivity index (χ2v) is 7.54. The maximum absolute atomic E-state index is 12.3. The lowest BCUT2D eigenvalue weighted by molar-refractivity contribution is 0.0929. The fourth-order valence-corrected chi connectivity index (χ4v) is 4.11. The normalized spacial score (nSPS) is 11.1. The van der Waals surface area contributed by atoms with E-state index in [0.717, 1.165) is 19.0 Å². The highest BCUT2D eigenvalue weighted by Gasteiger charge is 2.14. The van der Waals surface area contributed by atoms with E-state index in [0.29, 0.717) is 23.7 Å². The smallest absolute Gasteiger partial charge is 0.307 e. The van der Waals surface area contributed by atoms with Crippen LogP contribution in [0.2, 0.25) is 0 Å². The van der Waals surface area contributed by atoms with Crippen LogP contribution in [0.1, 0.15) is 23.0 Å². The van der Waals surface area contributed by atoms with Crippen LogP contribution in [0, 0.1) is 3.57 Å². The van der Waals surface area contributed by atoms with Gasteiger partial charge in [0.1, 0.15) is 5.58 Å². The van der Waals surface area contributed by atoms with Crippen LogP contribution < -0.4 is 14.9 Å². The van der Waals surface area contributed by atoms with Crippen molar-refractivity contribution in [2.24, 2.45) is 5.10 Å². The Morgan fingerprint density at radius 2 is 2.11 bits per heavy atom. The van der Waals surface area contributed by atoms with Gasteiger partial charge in [-0.2, -0.15) is 5.10 Å². The lowest BCUT2D eigenvalue weighted by Gasteiger charge is -2.09. The molecule has 0 radical (unpaired) electrons. The average molecular weight is 543 g/mol. The highest BCUT2D eigenvalue weighted by atomic mass is 127. The molecule has 0 saturated carbocycles. The molecule has 0 aliphatic rings. The van der Waals surface area contributed by atoms with Crippen molar-refractivity contribution in [3.8, 4) is 11.5 Å². The number of hydrazone groups is 1. The number of halogens is 2. The quantitative estimate of drug-likeness (QED) is 0.271. The fraction of sp³-hybridized carbons (Fsp3) is 0.158. The van der Waals surface area contributed by atoms with Gasteiger partial charge in [-0.3, -0.25) is 4.79 Å². The fourth-order valence-electron chi connectivity index (χ4n) is 2.45. The van der Waals surface area contributed by atoms with E-state index in [1.54, 1.807) is 25.3 Å². The van der Waals surface area contributed by atoms with Crippen LogP contribution >= 0.6 is 38.5 Å². The summed E-state index contributed by atoms with van der Waals surface area (Å²) in [7, 11) is 1.57. The molecular weight excluding hydrogens is 527 g/mol. The molecule has 140 valence electrons. The molecule has 1 amide bonds. The van der Waals surface area contributed by atoms with E-state index < -0.39 is 5.91 Å². The topological polar surface area (TPSA) is 73.1 Å². The van der Waals surface area contributed by atoms with E-state index >= 15 is 0 Å². The van der Waals surface area contributed by atoms with Crippen molar-refractivity contribution < 1.29 is 18.7 Å². The number of hydrogen-bond donors (Lipinski definition) is 1. The van der Waals surface area contributed by atoms with E-state index in [4.69, 9.17) is 13.9 Å². The summed E-state index contributed by atoms with van der Waals surface area (Å²) in [5.41, 5.74) is 3.90. The number of benzene rings is 2. The van der Waals surface area contributed by atoms with Gasteiger partial charge in [0.05, 0.1) is 23.5 Å². The number of amides is 1. The van der Waals surface area contributed by atoms with Gasteiger partial charge in [0.15, 0.2) is 17.3 Å². The molecule has 27 heavy (non-hydrogen) atoms. The Hall–Kier alpha value is -2.07. The first kappa shape index (κ1) is 19.7. The number of rotatable bonds is 6. The molecule has 0 spiro atoms. The van der Waals surface area contributed by atoms with Crippen molar-refractivity contribution in [3.05, 3.63) is 55.8 Å². The summed E-state index contributed by atoms with van der Waals surface area (Å²) in [4.78, 5) is 12.3. The average Bonchev–Trinajstić information content (AvgIpc) is 3.07. The molecule has 0 aliphatic heterocycles. The van der Waals surface area contributed by atoms with E-state index in [9.17, 15) is 4.79 Å². The maximum Gasteiger partial charge on any atom is 0.307 e. The van der Waals surface area contributed by atoms with Crippen molar-refractivity contribution >= 4 is 61.6 Å². The summed E-state index contributed by atoms with van der Waals surface area (Å²) in [6, 6.07) is 10.9. The van der Waals surface area contributed by atoms with Gasteiger partial charge in [-0.05, 0) is 71.5 Å². The summed E-state index contributed by atoms with van der Waals surface area (Å²) >= 11 is 5.60. The third kappa shape index (κ3) is 4.62. The molecule has 8 heteroatoms. The summed E-state index contributed by atoms with van der Waals surface area (Å²) in [5, 5.41) is 4.83. The van der Waals surface area contributed by atoms with Gasteiger partial charge in [0.25, 0.3) is 0 Å². The molecule has 3 rings (SSSR count). The number of hydrogen-bond acceptors (Lipinski definition) is 5. The molecule has 0 atom stereocenters. The van der Waals surface area contributed by atoms with Crippen molar-refractivity contribution in [2.45, 2.75) is 6.92 Å². The van der Waals surface area contributed by atoms with Crippen LogP contribution in [0.5, 0.6) is 11.5 Å². The number of furan rings is 1. The summed E-state index contributed by atoms with van der Waals surface area (Å²) in [5.74, 6) is 1.03. The Balaban J connectivity index is 1.73. The Morgan fingerprint density at radius 3 is 2.85 bits per heavy atom. The Labute approximate surface area is 178 Å². The molecule has 1 heterocycles. The lowest BCUT2D eigenvalue weighted by atomic mass is 10.2. The molecule has 0 aliphatic carbocycles. The molecule has 6 nitrogen and oxygen atoms in total. The molecule has 0 bridgehead atoms. The minimum absolute atomic E-state index is 0.197. The predicted octanol–water partition coefficient (Wildman–Crippen LogP) is 4.97. The van der Waals surface area contributed by atoms with Crippen molar-refractivity contribution in [1.82, 2.24) is 5.43 Å². The highest BCUT2D eigenvalue weighted by molar-refractivity contribution is 14.1. The molecular formula is C19H16BrIN2O4. The molecule has 0 fully saturated rings. The van der Waals surface area contributed by atoms with Gasteiger partial charge >= 0.3 is 5.91 Å². The van der Waals surface area contributed by atoms with Crippen LogP contribution in [-0.2, 0) is 0 Å². The summed E-state index contributed by atoms with van der Waals surface area (Å²) in [6.07, 6.45) is 1.53. The summed E-state index contributed by atoms with van der Waals surface area (Å²) < 4.78 is 18.3. The van der Waals surface area contributed by atoms with Crippen molar-refractivity contribution in [1.29, 1.82) is 0 Å². The van der Waals surface area contributed by atoms with Crippen LogP contribution in [0.15, 0.2) is 50.4 Å². The van der Waals surface area contributed by atoms with Gasteiger partial charge in [0, 0.05) is 9.86 Å². The number of fused-ring (bicyclic) bond motifs is 1. The number of nitrogens with zero attached hydrogens (tertiary/aromatic N) is 1. The molecule has 0 saturated heterocycles. The minimum Gasteiger partial charge on any atom is -0.493 e. The number of ether oxygens (including phenoxy) is 2. The SMILES string of the molecule is CCOc1ccc(/C=N\NC(=O)c2cc3cc(Br)cc(I)c3o2)cc1OC. The third-order valence-corrected chi connectivity index (χ3v) is 4.89. The Bertz CT molecular complexity index is 1020. The molecule has 3 aromatic rings. The van der Waals surface area contributed by atoms with Crippen LogP contribution in [0.25, 0.3) is 11.0 Å². The van der Waals surface area contributed by atoms with Gasteiger partial charge in [-0.15, -0.1) is 0 Å². The van der Waals surface area contributed by atoms with E-state index in [1.165, 1.54) is 6.21 Å². The van der Waals surface area contributed by atoms with E-state index in [2.05, 4.69) is 49.0 Å². The van der Waals surface area contributed by atoms with Gasteiger partial charge in [-0.1, -0.05) is 15.9 Å². The first-order valence-corrected chi connectivity index (χ1v) is 9.91. The number of carbonyl (C=O) groups is 1. The zero-order valence-corrected chi connectivity index (χ0v) is 18.3. The number of nitrogens with one attached hydrogen (secondary N) is 1. The zero-order valence-electron chi connectivity index (χ0n) is 14.6. The molecule has 2 aromatic carbocycles. The lowest BCUT2D eigenvalue weighted by Crippen LogP contribution is -2.16. The molecule has 1 N–H and O–H groups in total. The Morgan fingerprint density at radius 1 is 1.30 bits per heavy atom. The van der Waals surface area contributed by atoms with Crippen molar-refractivity contribution in [2.75, 3.05) is 13.7 Å². The first-order chi connectivity index (χ1) is 13.0. The molecule has 1 aromatic heterocycles. The minimum atomic E-state index is -0.424. The Kier molecular flexibility index (Phi) is 6.38. The first-order valence-electron chi connectivity index (χ1n) is 8.04. The summed E-state index contributed by atoms with van der Waals surface area (Å²) in [6.45, 7) is 2.45. The molecule has 0 unspecified atom stereocenters. The highest BCUT2D eigenvalue weighted by Crippen LogP contribution is 2.29. The van der Waals surface area contributed by atoms with E-state index in [1.807, 2.05) is 25.1 Å². The third-order valence-electron chi connectivity index (χ3n) is 3.63. The standard InChI is InChI=1S/C19H16BrIN2O4/c1-3-26-15-5-4-11(6-16(15)25-2)10-22-23-19(24)17-8-12-7-13(20)9-14(21)18(12)27-17/h4-10H,3H2,1-2H3,(H,23,24)/b22-10-. The second kappa shape index (κ2) is 8.75. The van der Waals surface area contributed by atoms with Crippen LogP contribution in [0.3, 0.4) is 0 Å². The zero-order chi connectivity index (χ0) is 19.4. The van der Waals surface area contributed by atoms with Crippen LogP contribution in [-0.4, -0.2) is 25.8 Å².